The summed E-state index contributed by atoms with van der Waals surface area (Å²) < 4.78 is 39.4. The lowest BCUT2D eigenvalue weighted by molar-refractivity contribution is -0.208. The lowest BCUT2D eigenvalue weighted by atomic mass is 9.89. The van der Waals surface area contributed by atoms with Crippen molar-refractivity contribution in [2.75, 3.05) is 0 Å². The Bertz CT molecular complexity index is 150. The molecule has 0 aliphatic carbocycles. The number of hydrogen-bond acceptors (Lipinski definition) is 2. The van der Waals surface area contributed by atoms with E-state index in [0.717, 1.165) is 20.1 Å². The van der Waals surface area contributed by atoms with Crippen molar-refractivity contribution >= 4 is 19.0 Å². The summed E-state index contributed by atoms with van der Waals surface area (Å²) in [5.74, 6) is 0. The van der Waals surface area contributed by atoms with Crippen LogP contribution in [0.2, 0.25) is 0 Å². The molecule has 11 heavy (non-hydrogen) atoms. The van der Waals surface area contributed by atoms with Gasteiger partial charge < -0.3 is 0 Å². The molecule has 0 unspecified atom stereocenters. The maximum absolute atomic E-state index is 12.1. The SMILES string of the molecule is CC(C)(CC=NS)C(F)(F)F. The first kappa shape index (κ1) is 10.8. The van der Waals surface area contributed by atoms with Gasteiger partial charge in [-0.1, -0.05) is 13.8 Å². The van der Waals surface area contributed by atoms with Gasteiger partial charge in [0.25, 0.3) is 0 Å². The quantitative estimate of drug-likeness (QED) is 0.501. The Morgan fingerprint density at radius 3 is 2.09 bits per heavy atom. The summed E-state index contributed by atoms with van der Waals surface area (Å²) in [7, 11) is 0. The van der Waals surface area contributed by atoms with E-state index in [2.05, 4.69) is 17.2 Å². The molecule has 0 radical (unpaired) electrons. The third-order valence-corrected chi connectivity index (χ3v) is 1.61. The lowest BCUT2D eigenvalue weighted by Crippen LogP contribution is -2.32. The fraction of sp³-hybridized carbons (Fsp3) is 0.833. The molecule has 0 bridgehead atoms. The highest BCUT2D eigenvalue weighted by Crippen LogP contribution is 2.39. The molecule has 0 saturated heterocycles. The Labute approximate surface area is 69.2 Å². The zero-order valence-electron chi connectivity index (χ0n) is 6.31. The van der Waals surface area contributed by atoms with Gasteiger partial charge >= 0.3 is 6.18 Å². The number of hydrogen-bond donors (Lipinski definition) is 1. The van der Waals surface area contributed by atoms with Crippen molar-refractivity contribution < 1.29 is 13.2 Å². The zero-order chi connectivity index (χ0) is 9.12. The standard InChI is InChI=1S/C6H10F3NS/c1-5(2,3-4-10-11)6(7,8)9/h4,11H,3H2,1-2H3. The summed E-state index contributed by atoms with van der Waals surface area (Å²) in [6.45, 7) is 2.25. The normalized spacial score (nSPS) is 14.4. The van der Waals surface area contributed by atoms with Gasteiger partial charge in [0.15, 0.2) is 0 Å². The van der Waals surface area contributed by atoms with Crippen LogP contribution < -0.4 is 0 Å². The highest BCUT2D eigenvalue weighted by Gasteiger charge is 2.46. The zero-order valence-corrected chi connectivity index (χ0v) is 7.21. The molecule has 1 nitrogen and oxygen atoms in total. The van der Waals surface area contributed by atoms with Crippen molar-refractivity contribution in [2.45, 2.75) is 26.4 Å². The molecule has 0 atom stereocenters. The molecule has 0 fully saturated rings. The van der Waals surface area contributed by atoms with Crippen molar-refractivity contribution in [1.82, 2.24) is 0 Å². The predicted molar refractivity (Wildman–Crippen MR) is 41.9 cm³/mol. The molecule has 66 valence electrons. The second kappa shape index (κ2) is 3.47. The Hall–Kier alpha value is -0.190. The summed E-state index contributed by atoms with van der Waals surface area (Å²) >= 11 is 3.43. The van der Waals surface area contributed by atoms with Crippen molar-refractivity contribution in [1.29, 1.82) is 0 Å². The first-order valence-electron chi connectivity index (χ1n) is 3.04. The number of halogens is 3. The summed E-state index contributed by atoms with van der Waals surface area (Å²) in [6.07, 6.45) is -3.17. The van der Waals surface area contributed by atoms with Gasteiger partial charge in [0.05, 0.1) is 5.41 Å². The first-order valence-corrected chi connectivity index (χ1v) is 3.44. The van der Waals surface area contributed by atoms with Crippen LogP contribution in [0, 0.1) is 5.41 Å². The largest absolute Gasteiger partial charge is 0.394 e. The summed E-state index contributed by atoms with van der Waals surface area (Å²) in [5.41, 5.74) is -1.71. The molecule has 0 amide bonds. The molecular weight excluding hydrogens is 175 g/mol. The summed E-state index contributed by atoms with van der Waals surface area (Å²) in [5, 5.41) is 0. The van der Waals surface area contributed by atoms with E-state index in [1.165, 1.54) is 0 Å². The number of rotatable bonds is 2. The molecule has 0 aliphatic heterocycles. The van der Waals surface area contributed by atoms with Gasteiger partial charge in [-0.05, 0) is 19.2 Å². The molecule has 5 heteroatoms. The van der Waals surface area contributed by atoms with Crippen LogP contribution >= 0.6 is 12.8 Å². The third kappa shape index (κ3) is 3.14. The van der Waals surface area contributed by atoms with Gasteiger partial charge in [0, 0.05) is 6.21 Å². The van der Waals surface area contributed by atoms with Crippen LogP contribution in [0.25, 0.3) is 0 Å². The Morgan fingerprint density at radius 2 is 1.82 bits per heavy atom. The van der Waals surface area contributed by atoms with Gasteiger partial charge in [-0.15, -0.1) is 0 Å². The van der Waals surface area contributed by atoms with E-state index in [-0.39, 0.29) is 6.42 Å². The monoisotopic (exact) mass is 185 g/mol. The van der Waals surface area contributed by atoms with E-state index in [1.807, 2.05) is 0 Å². The van der Waals surface area contributed by atoms with E-state index < -0.39 is 11.6 Å². The van der Waals surface area contributed by atoms with Gasteiger partial charge in [0.1, 0.15) is 0 Å². The van der Waals surface area contributed by atoms with Crippen LogP contribution in [0.3, 0.4) is 0 Å². The minimum absolute atomic E-state index is 0.139. The molecule has 0 N–H and O–H groups in total. The molecule has 0 saturated carbocycles. The van der Waals surface area contributed by atoms with E-state index in [0.29, 0.717) is 0 Å². The average Bonchev–Trinajstić information content (AvgIpc) is 1.81. The summed E-state index contributed by atoms with van der Waals surface area (Å²) in [4.78, 5) is 0. The van der Waals surface area contributed by atoms with E-state index in [1.54, 1.807) is 0 Å². The van der Waals surface area contributed by atoms with Crippen molar-refractivity contribution in [2.24, 2.45) is 9.81 Å². The van der Waals surface area contributed by atoms with Crippen LogP contribution in [-0.2, 0) is 0 Å². The Kier molecular flexibility index (Phi) is 3.41. The van der Waals surface area contributed by atoms with E-state index in [4.69, 9.17) is 0 Å². The van der Waals surface area contributed by atoms with Crippen molar-refractivity contribution in [3.63, 3.8) is 0 Å². The smallest absolute Gasteiger partial charge is 0.232 e. The molecule has 0 aromatic heterocycles. The topological polar surface area (TPSA) is 12.4 Å². The van der Waals surface area contributed by atoms with E-state index in [9.17, 15) is 13.2 Å². The van der Waals surface area contributed by atoms with Gasteiger partial charge in [-0.3, -0.25) is 0 Å². The minimum atomic E-state index is -4.18. The van der Waals surface area contributed by atoms with Crippen LogP contribution in [0.15, 0.2) is 4.40 Å². The van der Waals surface area contributed by atoms with E-state index >= 15 is 0 Å². The number of thiol groups is 1. The van der Waals surface area contributed by atoms with Crippen molar-refractivity contribution in [3.8, 4) is 0 Å². The maximum atomic E-state index is 12.1. The fourth-order valence-electron chi connectivity index (χ4n) is 0.385. The van der Waals surface area contributed by atoms with Gasteiger partial charge in [0.2, 0.25) is 0 Å². The number of nitrogens with zero attached hydrogens (tertiary/aromatic N) is 1. The average molecular weight is 185 g/mol. The molecule has 0 spiro atoms. The second-order valence-corrected chi connectivity index (χ2v) is 3.11. The Morgan fingerprint density at radius 1 is 1.36 bits per heavy atom. The molecule has 0 heterocycles. The third-order valence-electron chi connectivity index (χ3n) is 1.45. The molecule has 0 rings (SSSR count). The van der Waals surface area contributed by atoms with Crippen LogP contribution in [0.1, 0.15) is 20.3 Å². The minimum Gasteiger partial charge on any atom is -0.232 e. The predicted octanol–water partition coefficient (Wildman–Crippen LogP) is 2.88. The van der Waals surface area contributed by atoms with Crippen molar-refractivity contribution in [3.05, 3.63) is 0 Å². The Balaban J connectivity index is 4.22. The number of alkyl halides is 3. The highest BCUT2D eigenvalue weighted by atomic mass is 32.1. The molecule has 0 aliphatic rings. The summed E-state index contributed by atoms with van der Waals surface area (Å²) in [6, 6.07) is 0. The van der Waals surface area contributed by atoms with Crippen LogP contribution in [-0.4, -0.2) is 12.4 Å². The second-order valence-electron chi connectivity index (χ2n) is 2.88. The highest BCUT2D eigenvalue weighted by molar-refractivity contribution is 7.78. The van der Waals surface area contributed by atoms with Gasteiger partial charge in [-0.25, -0.2) is 4.40 Å². The maximum Gasteiger partial charge on any atom is 0.394 e. The molecular formula is C6H10F3NS. The van der Waals surface area contributed by atoms with Gasteiger partial charge in [-0.2, -0.15) is 13.2 Å². The lowest BCUT2D eigenvalue weighted by Gasteiger charge is -2.25. The van der Waals surface area contributed by atoms with Crippen LogP contribution in [0.4, 0.5) is 13.2 Å². The van der Waals surface area contributed by atoms with Crippen LogP contribution in [0.5, 0.6) is 0 Å². The fourth-order valence-corrected chi connectivity index (χ4v) is 0.466. The molecule has 0 aromatic rings. The first-order chi connectivity index (χ1) is 4.81. The molecule has 0 aromatic carbocycles.